The van der Waals surface area contributed by atoms with E-state index in [0.717, 1.165) is 16.9 Å². The Kier molecular flexibility index (Phi) is 4.36. The molecular weight excluding hydrogens is 328 g/mol. The van der Waals surface area contributed by atoms with Crippen LogP contribution in [0.3, 0.4) is 0 Å². The van der Waals surface area contributed by atoms with Crippen LogP contribution in [0.2, 0.25) is 5.02 Å². The third-order valence-corrected chi connectivity index (χ3v) is 4.12. The number of fused-ring (bicyclic) bond motifs is 1. The van der Waals surface area contributed by atoms with Gasteiger partial charge in [-0.25, -0.2) is 0 Å². The Bertz CT molecular complexity index is 831. The molecule has 3 amide bonds. The average molecular weight is 343 g/mol. The fraction of sp³-hybridized carbons (Fsp3) is 0.167. The molecule has 0 saturated carbocycles. The van der Waals surface area contributed by atoms with E-state index in [1.54, 1.807) is 18.2 Å². The first-order valence-corrected chi connectivity index (χ1v) is 7.92. The minimum absolute atomic E-state index is 0.229. The van der Waals surface area contributed by atoms with E-state index in [4.69, 9.17) is 11.6 Å². The van der Waals surface area contributed by atoms with Crippen LogP contribution >= 0.6 is 11.6 Å². The van der Waals surface area contributed by atoms with Gasteiger partial charge in [-0.15, -0.1) is 0 Å². The molecule has 0 aliphatic carbocycles. The summed E-state index contributed by atoms with van der Waals surface area (Å²) in [6.07, 6.45) is 0.909. The van der Waals surface area contributed by atoms with E-state index >= 15 is 0 Å². The van der Waals surface area contributed by atoms with Crippen LogP contribution in [0.4, 0.5) is 5.69 Å². The Morgan fingerprint density at radius 2 is 1.71 bits per heavy atom. The van der Waals surface area contributed by atoms with Gasteiger partial charge < -0.3 is 5.32 Å². The van der Waals surface area contributed by atoms with Crippen LogP contribution in [0.5, 0.6) is 0 Å². The van der Waals surface area contributed by atoms with Gasteiger partial charge in [0.2, 0.25) is 5.91 Å². The number of anilines is 1. The molecule has 2 aromatic carbocycles. The number of aryl methyl sites for hydroxylation is 1. The SMILES string of the molecule is CCc1ccc(NC(=O)CN2C(=O)c3ccc(Cl)cc3C2=O)cc1. The zero-order valence-corrected chi connectivity index (χ0v) is 13.8. The Morgan fingerprint density at radius 1 is 1.04 bits per heavy atom. The minimum atomic E-state index is -0.506. The smallest absolute Gasteiger partial charge is 0.262 e. The van der Waals surface area contributed by atoms with Gasteiger partial charge in [-0.3, -0.25) is 19.3 Å². The van der Waals surface area contributed by atoms with Gasteiger partial charge in [-0.1, -0.05) is 30.7 Å². The van der Waals surface area contributed by atoms with E-state index in [2.05, 4.69) is 5.32 Å². The highest BCUT2D eigenvalue weighted by molar-refractivity contribution is 6.32. The van der Waals surface area contributed by atoms with Gasteiger partial charge in [0, 0.05) is 10.7 Å². The topological polar surface area (TPSA) is 66.5 Å². The number of hydrogen-bond acceptors (Lipinski definition) is 3. The van der Waals surface area contributed by atoms with E-state index in [1.165, 1.54) is 12.1 Å². The lowest BCUT2D eigenvalue weighted by Gasteiger charge is -2.13. The van der Waals surface area contributed by atoms with Crippen molar-refractivity contribution in [2.45, 2.75) is 13.3 Å². The van der Waals surface area contributed by atoms with Gasteiger partial charge in [-0.2, -0.15) is 0 Å². The van der Waals surface area contributed by atoms with Crippen molar-refractivity contribution in [2.75, 3.05) is 11.9 Å². The molecule has 1 aliphatic rings. The normalized spacial score (nSPS) is 13.2. The van der Waals surface area contributed by atoms with Crippen LogP contribution in [-0.2, 0) is 11.2 Å². The number of carbonyl (C=O) groups excluding carboxylic acids is 3. The molecule has 1 heterocycles. The van der Waals surface area contributed by atoms with E-state index in [1.807, 2.05) is 19.1 Å². The zero-order chi connectivity index (χ0) is 17.3. The largest absolute Gasteiger partial charge is 0.325 e. The van der Waals surface area contributed by atoms with Crippen LogP contribution in [0.1, 0.15) is 33.2 Å². The molecule has 122 valence electrons. The highest BCUT2D eigenvalue weighted by atomic mass is 35.5. The second-order valence-corrected chi connectivity index (χ2v) is 5.92. The molecule has 3 rings (SSSR count). The molecule has 6 heteroatoms. The molecule has 5 nitrogen and oxygen atoms in total. The summed E-state index contributed by atoms with van der Waals surface area (Å²) in [6.45, 7) is 1.71. The van der Waals surface area contributed by atoms with Crippen molar-refractivity contribution >= 4 is 35.0 Å². The highest BCUT2D eigenvalue weighted by Gasteiger charge is 2.36. The van der Waals surface area contributed by atoms with Gasteiger partial charge in [0.15, 0.2) is 0 Å². The first kappa shape index (κ1) is 16.2. The number of imide groups is 1. The fourth-order valence-electron chi connectivity index (χ4n) is 2.57. The summed E-state index contributed by atoms with van der Waals surface area (Å²) < 4.78 is 0. The maximum Gasteiger partial charge on any atom is 0.262 e. The molecular formula is C18H15ClN2O3. The summed E-state index contributed by atoms with van der Waals surface area (Å²) in [6, 6.07) is 11.9. The first-order chi connectivity index (χ1) is 11.5. The van der Waals surface area contributed by atoms with Crippen LogP contribution in [0.15, 0.2) is 42.5 Å². The third kappa shape index (κ3) is 3.03. The maximum atomic E-state index is 12.3. The van der Waals surface area contributed by atoms with Crippen molar-refractivity contribution in [3.63, 3.8) is 0 Å². The third-order valence-electron chi connectivity index (χ3n) is 3.88. The molecule has 24 heavy (non-hydrogen) atoms. The van der Waals surface area contributed by atoms with Gasteiger partial charge >= 0.3 is 0 Å². The standard InChI is InChI=1S/C18H15ClN2O3/c1-2-11-3-6-13(7-4-11)20-16(22)10-21-17(23)14-8-5-12(19)9-15(14)18(21)24/h3-9H,2,10H2,1H3,(H,20,22). The number of nitrogens with zero attached hydrogens (tertiary/aromatic N) is 1. The molecule has 0 unspecified atom stereocenters. The molecule has 2 aromatic rings. The molecule has 1 N–H and O–H groups in total. The summed E-state index contributed by atoms with van der Waals surface area (Å²) in [5, 5.41) is 3.06. The van der Waals surface area contributed by atoms with Gasteiger partial charge in [0.05, 0.1) is 11.1 Å². The zero-order valence-electron chi connectivity index (χ0n) is 13.0. The molecule has 0 saturated heterocycles. The Hall–Kier alpha value is -2.66. The number of hydrogen-bond donors (Lipinski definition) is 1. The summed E-state index contributed by atoms with van der Waals surface area (Å²) >= 11 is 5.86. The Balaban J connectivity index is 1.71. The predicted octanol–water partition coefficient (Wildman–Crippen LogP) is 3.14. The monoisotopic (exact) mass is 342 g/mol. The van der Waals surface area contributed by atoms with Crippen molar-refractivity contribution < 1.29 is 14.4 Å². The molecule has 0 aromatic heterocycles. The summed E-state index contributed by atoms with van der Waals surface area (Å²) in [5.74, 6) is -1.42. The van der Waals surface area contributed by atoms with Crippen LogP contribution in [0.25, 0.3) is 0 Å². The highest BCUT2D eigenvalue weighted by Crippen LogP contribution is 2.25. The fourth-order valence-corrected chi connectivity index (χ4v) is 2.75. The molecule has 0 radical (unpaired) electrons. The van der Waals surface area contributed by atoms with Crippen LogP contribution < -0.4 is 5.32 Å². The predicted molar refractivity (Wildman–Crippen MR) is 91.3 cm³/mol. The molecule has 0 bridgehead atoms. The second kappa shape index (κ2) is 6.45. The van der Waals surface area contributed by atoms with Gasteiger partial charge in [0.25, 0.3) is 11.8 Å². The summed E-state index contributed by atoms with van der Waals surface area (Å²) in [4.78, 5) is 37.6. The Morgan fingerprint density at radius 3 is 2.38 bits per heavy atom. The lowest BCUT2D eigenvalue weighted by molar-refractivity contribution is -0.116. The number of rotatable bonds is 4. The van der Waals surface area contributed by atoms with E-state index < -0.39 is 17.7 Å². The Labute approximate surface area is 144 Å². The number of nitrogens with one attached hydrogen (secondary N) is 1. The molecule has 0 atom stereocenters. The molecule has 0 spiro atoms. The van der Waals surface area contributed by atoms with E-state index in [-0.39, 0.29) is 17.7 Å². The number of carbonyl (C=O) groups is 3. The second-order valence-electron chi connectivity index (χ2n) is 5.49. The molecule has 0 fully saturated rings. The number of halogens is 1. The first-order valence-electron chi connectivity index (χ1n) is 7.54. The van der Waals surface area contributed by atoms with E-state index in [0.29, 0.717) is 10.7 Å². The van der Waals surface area contributed by atoms with Crippen molar-refractivity contribution in [2.24, 2.45) is 0 Å². The van der Waals surface area contributed by atoms with Crippen molar-refractivity contribution in [3.05, 3.63) is 64.2 Å². The lowest BCUT2D eigenvalue weighted by atomic mass is 10.1. The maximum absolute atomic E-state index is 12.3. The minimum Gasteiger partial charge on any atom is -0.325 e. The average Bonchev–Trinajstić information content (AvgIpc) is 2.80. The van der Waals surface area contributed by atoms with Crippen molar-refractivity contribution in [3.8, 4) is 0 Å². The molecule has 1 aliphatic heterocycles. The van der Waals surface area contributed by atoms with Crippen LogP contribution in [-0.4, -0.2) is 29.2 Å². The van der Waals surface area contributed by atoms with Gasteiger partial charge in [-0.05, 0) is 42.3 Å². The summed E-state index contributed by atoms with van der Waals surface area (Å²) in [5.41, 5.74) is 2.28. The van der Waals surface area contributed by atoms with Crippen molar-refractivity contribution in [1.82, 2.24) is 4.90 Å². The van der Waals surface area contributed by atoms with Crippen LogP contribution in [0, 0.1) is 0 Å². The van der Waals surface area contributed by atoms with E-state index in [9.17, 15) is 14.4 Å². The lowest BCUT2D eigenvalue weighted by Crippen LogP contribution is -2.37. The van der Waals surface area contributed by atoms with Crippen molar-refractivity contribution in [1.29, 1.82) is 0 Å². The summed E-state index contributed by atoms with van der Waals surface area (Å²) in [7, 11) is 0. The van der Waals surface area contributed by atoms with Gasteiger partial charge in [0.1, 0.15) is 6.54 Å². The number of amides is 3. The quantitative estimate of drug-likeness (QED) is 0.868. The number of benzene rings is 2.